The van der Waals surface area contributed by atoms with Crippen LogP contribution in [0, 0.1) is 0 Å². The molecule has 1 aromatic carbocycles. The first-order chi connectivity index (χ1) is 5.83. The predicted octanol–water partition coefficient (Wildman–Crippen LogP) is 2.70. The van der Waals surface area contributed by atoms with E-state index in [1.165, 1.54) is 0 Å². The lowest BCUT2D eigenvalue weighted by Gasteiger charge is -1.92. The zero-order valence-electron chi connectivity index (χ0n) is 6.83. The van der Waals surface area contributed by atoms with Gasteiger partial charge in [0.25, 0.3) is 0 Å². The summed E-state index contributed by atoms with van der Waals surface area (Å²) in [7, 11) is 0. The van der Waals surface area contributed by atoms with Crippen molar-refractivity contribution in [3.05, 3.63) is 40.9 Å². The molecule has 0 amide bonds. The van der Waals surface area contributed by atoms with Gasteiger partial charge in [-0.3, -0.25) is 0 Å². The Kier molecular flexibility index (Phi) is 3.85. The van der Waals surface area contributed by atoms with E-state index in [1.807, 2.05) is 30.3 Å². The first kappa shape index (κ1) is 9.30. The minimum Gasteiger partial charge on any atom is -0.330 e. The maximum atomic E-state index is 5.73. The van der Waals surface area contributed by atoms with E-state index in [1.54, 1.807) is 0 Å². The third kappa shape index (κ3) is 3.07. The molecule has 0 radical (unpaired) electrons. The summed E-state index contributed by atoms with van der Waals surface area (Å²) < 4.78 is 0. The predicted molar refractivity (Wildman–Crippen MR) is 54.2 cm³/mol. The van der Waals surface area contributed by atoms with E-state index in [0.717, 1.165) is 17.0 Å². The molecule has 0 unspecified atom stereocenters. The van der Waals surface area contributed by atoms with Crippen LogP contribution in [0.3, 0.4) is 0 Å². The van der Waals surface area contributed by atoms with Crippen molar-refractivity contribution < 1.29 is 0 Å². The van der Waals surface area contributed by atoms with Crippen LogP contribution in [0.15, 0.2) is 30.3 Å². The van der Waals surface area contributed by atoms with Gasteiger partial charge in [-0.1, -0.05) is 35.9 Å². The molecule has 2 N–H and O–H groups in total. The van der Waals surface area contributed by atoms with E-state index in [0.29, 0.717) is 6.54 Å². The lowest BCUT2D eigenvalue weighted by atomic mass is 10.2. The van der Waals surface area contributed by atoms with Gasteiger partial charge in [-0.2, -0.15) is 0 Å². The van der Waals surface area contributed by atoms with E-state index < -0.39 is 0 Å². The fourth-order valence-electron chi connectivity index (χ4n) is 0.890. The van der Waals surface area contributed by atoms with Crippen LogP contribution in [0.5, 0.6) is 0 Å². The highest BCUT2D eigenvalue weighted by Gasteiger charge is 1.86. The molecule has 0 saturated carbocycles. The standard InChI is InChI=1S/C10H12ClN/c11-10-6-4-9(5-7-10)3-1-2-8-12/h1,3-7H,2,8,12H2/b3-1-. The maximum Gasteiger partial charge on any atom is 0.0406 e. The SMILES string of the molecule is NCC/C=C\c1ccc(Cl)cc1. The van der Waals surface area contributed by atoms with Crippen LogP contribution in [0.2, 0.25) is 5.02 Å². The Balaban J connectivity index is 2.58. The summed E-state index contributed by atoms with van der Waals surface area (Å²) in [4.78, 5) is 0. The first-order valence-electron chi connectivity index (χ1n) is 3.95. The second kappa shape index (κ2) is 4.96. The Labute approximate surface area is 77.8 Å². The summed E-state index contributed by atoms with van der Waals surface area (Å²) in [6.45, 7) is 0.699. The molecule has 1 aromatic rings. The van der Waals surface area contributed by atoms with E-state index in [-0.39, 0.29) is 0 Å². The number of nitrogens with two attached hydrogens (primary N) is 1. The minimum absolute atomic E-state index is 0.699. The van der Waals surface area contributed by atoms with E-state index in [4.69, 9.17) is 17.3 Å². The Bertz CT molecular complexity index is 251. The number of hydrogen-bond donors (Lipinski definition) is 1. The quantitative estimate of drug-likeness (QED) is 0.763. The maximum absolute atomic E-state index is 5.73. The van der Waals surface area contributed by atoms with Crippen molar-refractivity contribution in [1.82, 2.24) is 0 Å². The van der Waals surface area contributed by atoms with Gasteiger partial charge in [-0.05, 0) is 30.7 Å². The number of hydrogen-bond acceptors (Lipinski definition) is 1. The van der Waals surface area contributed by atoms with Gasteiger partial charge in [-0.15, -0.1) is 0 Å². The zero-order valence-corrected chi connectivity index (χ0v) is 7.59. The average molecular weight is 182 g/mol. The summed E-state index contributed by atoms with van der Waals surface area (Å²) in [5.41, 5.74) is 6.50. The highest BCUT2D eigenvalue weighted by Crippen LogP contribution is 2.10. The lowest BCUT2D eigenvalue weighted by Crippen LogP contribution is -1.94. The fourth-order valence-corrected chi connectivity index (χ4v) is 1.02. The van der Waals surface area contributed by atoms with Gasteiger partial charge >= 0.3 is 0 Å². The van der Waals surface area contributed by atoms with Crippen molar-refractivity contribution in [2.45, 2.75) is 6.42 Å². The van der Waals surface area contributed by atoms with Crippen molar-refractivity contribution in [3.8, 4) is 0 Å². The van der Waals surface area contributed by atoms with Crippen LogP contribution in [0.25, 0.3) is 6.08 Å². The fraction of sp³-hybridized carbons (Fsp3) is 0.200. The molecule has 0 fully saturated rings. The van der Waals surface area contributed by atoms with E-state index >= 15 is 0 Å². The highest BCUT2D eigenvalue weighted by atomic mass is 35.5. The van der Waals surface area contributed by atoms with Gasteiger partial charge in [-0.25, -0.2) is 0 Å². The van der Waals surface area contributed by atoms with Crippen molar-refractivity contribution in [3.63, 3.8) is 0 Å². The second-order valence-electron chi connectivity index (χ2n) is 2.53. The number of halogens is 1. The molecule has 0 spiro atoms. The number of benzene rings is 1. The Morgan fingerprint density at radius 3 is 2.50 bits per heavy atom. The zero-order chi connectivity index (χ0) is 8.81. The molecule has 0 heterocycles. The van der Waals surface area contributed by atoms with Gasteiger partial charge < -0.3 is 5.73 Å². The topological polar surface area (TPSA) is 26.0 Å². The van der Waals surface area contributed by atoms with Gasteiger partial charge in [0.15, 0.2) is 0 Å². The molecule has 0 aliphatic heterocycles. The monoisotopic (exact) mass is 181 g/mol. The van der Waals surface area contributed by atoms with Gasteiger partial charge in [0.2, 0.25) is 0 Å². The molecule has 1 rings (SSSR count). The molecule has 1 nitrogen and oxygen atoms in total. The molecule has 0 aliphatic carbocycles. The average Bonchev–Trinajstić information content (AvgIpc) is 2.09. The van der Waals surface area contributed by atoms with Crippen LogP contribution in [-0.2, 0) is 0 Å². The highest BCUT2D eigenvalue weighted by molar-refractivity contribution is 6.30. The summed E-state index contributed by atoms with van der Waals surface area (Å²) in [5.74, 6) is 0. The summed E-state index contributed by atoms with van der Waals surface area (Å²) >= 11 is 5.73. The van der Waals surface area contributed by atoms with Gasteiger partial charge in [0.05, 0.1) is 0 Å². The Morgan fingerprint density at radius 1 is 1.25 bits per heavy atom. The third-order valence-electron chi connectivity index (χ3n) is 1.51. The Morgan fingerprint density at radius 2 is 1.92 bits per heavy atom. The molecule has 0 atom stereocenters. The van der Waals surface area contributed by atoms with Crippen molar-refractivity contribution in [1.29, 1.82) is 0 Å². The molecular formula is C10H12ClN. The van der Waals surface area contributed by atoms with Crippen LogP contribution in [0.1, 0.15) is 12.0 Å². The van der Waals surface area contributed by atoms with E-state index in [2.05, 4.69) is 6.08 Å². The van der Waals surface area contributed by atoms with Crippen LogP contribution < -0.4 is 5.73 Å². The second-order valence-corrected chi connectivity index (χ2v) is 2.97. The normalized spacial score (nSPS) is 10.8. The minimum atomic E-state index is 0.699. The summed E-state index contributed by atoms with van der Waals surface area (Å²) in [6.07, 6.45) is 5.02. The third-order valence-corrected chi connectivity index (χ3v) is 1.77. The van der Waals surface area contributed by atoms with Crippen molar-refractivity contribution in [2.75, 3.05) is 6.54 Å². The first-order valence-corrected chi connectivity index (χ1v) is 4.33. The summed E-state index contributed by atoms with van der Waals surface area (Å²) in [5, 5.41) is 0.769. The molecule has 2 heteroatoms. The van der Waals surface area contributed by atoms with E-state index in [9.17, 15) is 0 Å². The molecule has 0 aliphatic rings. The Hall–Kier alpha value is -0.790. The summed E-state index contributed by atoms with van der Waals surface area (Å²) in [6, 6.07) is 7.72. The molecule has 0 saturated heterocycles. The molecule has 0 bridgehead atoms. The van der Waals surface area contributed by atoms with Crippen LogP contribution in [-0.4, -0.2) is 6.54 Å². The lowest BCUT2D eigenvalue weighted by molar-refractivity contribution is 1.01. The molecule has 64 valence electrons. The molecular weight excluding hydrogens is 170 g/mol. The van der Waals surface area contributed by atoms with Gasteiger partial charge in [0.1, 0.15) is 0 Å². The van der Waals surface area contributed by atoms with Crippen molar-refractivity contribution >= 4 is 17.7 Å². The van der Waals surface area contributed by atoms with Crippen LogP contribution >= 0.6 is 11.6 Å². The van der Waals surface area contributed by atoms with Gasteiger partial charge in [0, 0.05) is 5.02 Å². The smallest absolute Gasteiger partial charge is 0.0406 e. The largest absolute Gasteiger partial charge is 0.330 e. The van der Waals surface area contributed by atoms with Crippen molar-refractivity contribution in [2.24, 2.45) is 5.73 Å². The van der Waals surface area contributed by atoms with Crippen LogP contribution in [0.4, 0.5) is 0 Å². The molecule has 12 heavy (non-hydrogen) atoms. The molecule has 0 aromatic heterocycles. The number of rotatable bonds is 3.